The number of aromatic amines is 1. The normalized spacial score (nSPS) is 10.8. The van der Waals surface area contributed by atoms with Gasteiger partial charge < -0.3 is 14.9 Å². The van der Waals surface area contributed by atoms with Crippen molar-refractivity contribution in [2.45, 2.75) is 19.9 Å². The minimum Gasteiger partial charge on any atom is -0.352 e. The van der Waals surface area contributed by atoms with E-state index in [-0.39, 0.29) is 17.0 Å². The maximum Gasteiger partial charge on any atom is 0.260 e. The van der Waals surface area contributed by atoms with E-state index < -0.39 is 0 Å². The number of nitrogens with zero attached hydrogens (tertiary/aromatic N) is 2. The highest BCUT2D eigenvalue weighted by molar-refractivity contribution is 5.93. The topological polar surface area (TPSA) is 79.8 Å². The minimum absolute atomic E-state index is 0.136. The van der Waals surface area contributed by atoms with Gasteiger partial charge in [0.1, 0.15) is 11.4 Å². The predicted octanol–water partition coefficient (Wildman–Crippen LogP) is 1.85. The molecule has 3 rings (SSSR count). The van der Waals surface area contributed by atoms with Gasteiger partial charge in [-0.05, 0) is 37.6 Å². The second kappa shape index (κ2) is 6.48. The summed E-state index contributed by atoms with van der Waals surface area (Å²) in [5.74, 6) is 0.607. The number of aryl methyl sites for hydroxylation is 2. The van der Waals surface area contributed by atoms with Crippen LogP contribution in [0.4, 0.5) is 0 Å². The van der Waals surface area contributed by atoms with Gasteiger partial charge in [0.15, 0.2) is 0 Å². The Balaban J connectivity index is 1.59. The van der Waals surface area contributed by atoms with Gasteiger partial charge in [-0.2, -0.15) is 0 Å². The smallest absolute Gasteiger partial charge is 0.260 e. The molecule has 1 aromatic carbocycles. The van der Waals surface area contributed by atoms with Crippen LogP contribution >= 0.6 is 0 Å². The second-order valence-electron chi connectivity index (χ2n) is 5.32. The number of H-pyrrole nitrogens is 1. The van der Waals surface area contributed by atoms with Gasteiger partial charge in [-0.15, -0.1) is 0 Å². The third-order valence-electron chi connectivity index (χ3n) is 3.75. The van der Waals surface area contributed by atoms with Crippen molar-refractivity contribution < 1.29 is 4.79 Å². The van der Waals surface area contributed by atoms with Crippen LogP contribution in [0, 0.1) is 6.92 Å². The molecule has 1 amide bonds. The van der Waals surface area contributed by atoms with Gasteiger partial charge in [0.05, 0.1) is 11.0 Å². The summed E-state index contributed by atoms with van der Waals surface area (Å²) in [6.07, 6.45) is 2.27. The summed E-state index contributed by atoms with van der Waals surface area (Å²) in [5, 5.41) is 2.78. The van der Waals surface area contributed by atoms with Crippen molar-refractivity contribution >= 4 is 16.9 Å². The molecule has 2 aromatic heterocycles. The highest BCUT2D eigenvalue weighted by Gasteiger charge is 2.09. The van der Waals surface area contributed by atoms with Crippen molar-refractivity contribution in [3.8, 4) is 0 Å². The number of aromatic nitrogens is 3. The van der Waals surface area contributed by atoms with Gasteiger partial charge in [0, 0.05) is 19.3 Å². The SMILES string of the molecule is Cc1nc2ccccc2n1CCCNC(=O)c1ccc[nH]c1=O. The van der Waals surface area contributed by atoms with Crippen molar-refractivity contribution in [3.05, 3.63) is 64.3 Å². The third-order valence-corrected chi connectivity index (χ3v) is 3.75. The molecule has 2 heterocycles. The van der Waals surface area contributed by atoms with E-state index in [1.165, 1.54) is 12.3 Å². The van der Waals surface area contributed by atoms with Crippen molar-refractivity contribution in [2.24, 2.45) is 0 Å². The Hall–Kier alpha value is -2.89. The number of rotatable bonds is 5. The van der Waals surface area contributed by atoms with Crippen molar-refractivity contribution in [3.63, 3.8) is 0 Å². The predicted molar refractivity (Wildman–Crippen MR) is 88.5 cm³/mol. The molecule has 0 atom stereocenters. The monoisotopic (exact) mass is 310 g/mol. The van der Waals surface area contributed by atoms with E-state index in [4.69, 9.17) is 0 Å². The largest absolute Gasteiger partial charge is 0.352 e. The molecular formula is C17H18N4O2. The molecule has 3 aromatic rings. The highest BCUT2D eigenvalue weighted by Crippen LogP contribution is 2.15. The Kier molecular flexibility index (Phi) is 4.23. The van der Waals surface area contributed by atoms with Gasteiger partial charge >= 0.3 is 0 Å². The zero-order chi connectivity index (χ0) is 16.2. The molecule has 118 valence electrons. The first-order valence-electron chi connectivity index (χ1n) is 7.54. The summed E-state index contributed by atoms with van der Waals surface area (Å²) >= 11 is 0. The van der Waals surface area contributed by atoms with Crippen LogP contribution in [-0.4, -0.2) is 27.0 Å². The fraction of sp³-hybridized carbons (Fsp3) is 0.235. The quantitative estimate of drug-likeness (QED) is 0.706. The lowest BCUT2D eigenvalue weighted by Crippen LogP contribution is -2.30. The van der Waals surface area contributed by atoms with Crippen molar-refractivity contribution in [1.82, 2.24) is 19.9 Å². The van der Waals surface area contributed by atoms with E-state index in [2.05, 4.69) is 19.9 Å². The molecule has 0 radical (unpaired) electrons. The van der Waals surface area contributed by atoms with E-state index in [1.54, 1.807) is 6.07 Å². The lowest BCUT2D eigenvalue weighted by molar-refractivity contribution is 0.0951. The minimum atomic E-state index is -0.374. The van der Waals surface area contributed by atoms with Crippen LogP contribution in [0.2, 0.25) is 0 Å². The number of amides is 1. The average molecular weight is 310 g/mol. The number of hydrogen-bond acceptors (Lipinski definition) is 3. The molecule has 0 spiro atoms. The molecule has 0 fully saturated rings. The number of fused-ring (bicyclic) bond motifs is 1. The van der Waals surface area contributed by atoms with E-state index >= 15 is 0 Å². The first kappa shape index (κ1) is 15.0. The Morgan fingerprint density at radius 2 is 2.09 bits per heavy atom. The van der Waals surface area contributed by atoms with E-state index in [1.807, 2.05) is 31.2 Å². The van der Waals surface area contributed by atoms with Crippen LogP contribution in [-0.2, 0) is 6.54 Å². The number of para-hydroxylation sites is 2. The van der Waals surface area contributed by atoms with Crippen LogP contribution in [0.5, 0.6) is 0 Å². The fourth-order valence-electron chi connectivity index (χ4n) is 2.61. The van der Waals surface area contributed by atoms with Crippen molar-refractivity contribution in [1.29, 1.82) is 0 Å². The molecule has 0 aliphatic heterocycles. The summed E-state index contributed by atoms with van der Waals surface area (Å²) in [4.78, 5) is 30.5. The van der Waals surface area contributed by atoms with E-state index in [0.717, 1.165) is 29.8 Å². The fourth-order valence-corrected chi connectivity index (χ4v) is 2.61. The van der Waals surface area contributed by atoms with Gasteiger partial charge in [-0.3, -0.25) is 9.59 Å². The number of carbonyl (C=O) groups excluding carboxylic acids is 1. The van der Waals surface area contributed by atoms with E-state index in [9.17, 15) is 9.59 Å². The Morgan fingerprint density at radius 1 is 1.26 bits per heavy atom. The molecule has 0 saturated carbocycles. The Bertz CT molecular complexity index is 895. The molecule has 0 bridgehead atoms. The highest BCUT2D eigenvalue weighted by atomic mass is 16.2. The molecule has 2 N–H and O–H groups in total. The van der Waals surface area contributed by atoms with Gasteiger partial charge in [-0.25, -0.2) is 4.98 Å². The van der Waals surface area contributed by atoms with Crippen LogP contribution in [0.1, 0.15) is 22.6 Å². The van der Waals surface area contributed by atoms with Crippen LogP contribution in [0.3, 0.4) is 0 Å². The zero-order valence-electron chi connectivity index (χ0n) is 12.9. The number of hydrogen-bond donors (Lipinski definition) is 2. The Morgan fingerprint density at radius 3 is 2.91 bits per heavy atom. The number of carbonyl (C=O) groups is 1. The van der Waals surface area contributed by atoms with E-state index in [0.29, 0.717) is 6.54 Å². The molecular weight excluding hydrogens is 292 g/mol. The van der Waals surface area contributed by atoms with Crippen LogP contribution in [0.15, 0.2) is 47.4 Å². The lowest BCUT2D eigenvalue weighted by atomic mass is 10.2. The van der Waals surface area contributed by atoms with Gasteiger partial charge in [0.2, 0.25) is 0 Å². The number of imidazole rings is 1. The van der Waals surface area contributed by atoms with Gasteiger partial charge in [-0.1, -0.05) is 12.1 Å². The summed E-state index contributed by atoms with van der Waals surface area (Å²) in [7, 11) is 0. The van der Waals surface area contributed by atoms with Crippen molar-refractivity contribution in [2.75, 3.05) is 6.54 Å². The number of pyridine rings is 1. The number of nitrogens with one attached hydrogen (secondary N) is 2. The summed E-state index contributed by atoms with van der Waals surface area (Å²) in [6, 6.07) is 11.1. The first-order valence-corrected chi connectivity index (χ1v) is 7.54. The molecule has 0 aliphatic rings. The first-order chi connectivity index (χ1) is 11.2. The van der Waals surface area contributed by atoms with Crippen LogP contribution < -0.4 is 10.9 Å². The maximum absolute atomic E-state index is 12.0. The molecule has 6 nitrogen and oxygen atoms in total. The molecule has 6 heteroatoms. The lowest BCUT2D eigenvalue weighted by Gasteiger charge is -2.08. The Labute approximate surface area is 133 Å². The second-order valence-corrected chi connectivity index (χ2v) is 5.32. The molecule has 0 saturated heterocycles. The molecule has 0 aliphatic carbocycles. The van der Waals surface area contributed by atoms with Crippen LogP contribution in [0.25, 0.3) is 11.0 Å². The summed E-state index contributed by atoms with van der Waals surface area (Å²) in [5.41, 5.74) is 1.83. The van der Waals surface area contributed by atoms with Gasteiger partial charge in [0.25, 0.3) is 11.5 Å². The molecule has 23 heavy (non-hydrogen) atoms. The average Bonchev–Trinajstić information content (AvgIpc) is 2.87. The molecule has 0 unspecified atom stereocenters. The summed E-state index contributed by atoms with van der Waals surface area (Å²) < 4.78 is 2.14. The maximum atomic E-state index is 12.0. The number of benzene rings is 1. The zero-order valence-corrected chi connectivity index (χ0v) is 12.9. The standard InChI is InChI=1S/C17H18N4O2/c1-12-20-14-7-2-3-8-15(14)21(12)11-5-10-19-17(23)13-6-4-9-18-16(13)22/h2-4,6-9H,5,10-11H2,1H3,(H,18,22)(H,19,23). The third kappa shape index (κ3) is 3.15. The summed E-state index contributed by atoms with van der Waals surface area (Å²) in [6.45, 7) is 3.24.